The number of nitrogens with one attached hydrogen (secondary N) is 2. The van der Waals surface area contributed by atoms with Gasteiger partial charge in [-0.15, -0.1) is 17.5 Å². The molecule has 27 heavy (non-hydrogen) atoms. The Morgan fingerprint density at radius 3 is 2.63 bits per heavy atom. The van der Waals surface area contributed by atoms with E-state index >= 15 is 0 Å². The molecule has 4 rings (SSSR count). The molecule has 1 aliphatic heterocycles. The first-order valence-electron chi connectivity index (χ1n) is 8.47. The van der Waals surface area contributed by atoms with Crippen LogP contribution in [0.25, 0.3) is 5.69 Å². The van der Waals surface area contributed by atoms with Crippen molar-refractivity contribution in [2.45, 2.75) is 18.8 Å². The maximum atomic E-state index is 12.5. The quantitative estimate of drug-likeness (QED) is 0.681. The number of benzene rings is 1. The number of aryl methyl sites for hydroxylation is 1. The van der Waals surface area contributed by atoms with Crippen LogP contribution in [-0.2, 0) is 7.05 Å². The van der Waals surface area contributed by atoms with Gasteiger partial charge >= 0.3 is 0 Å². The van der Waals surface area contributed by atoms with Crippen molar-refractivity contribution in [3.05, 3.63) is 42.0 Å². The van der Waals surface area contributed by atoms with Gasteiger partial charge in [0.05, 0.1) is 5.69 Å². The highest BCUT2D eigenvalue weighted by Crippen LogP contribution is 2.23. The van der Waals surface area contributed by atoms with Crippen molar-refractivity contribution >= 4 is 24.3 Å². The van der Waals surface area contributed by atoms with E-state index in [1.54, 1.807) is 36.0 Å². The maximum Gasteiger partial charge on any atom is 0.258 e. The van der Waals surface area contributed by atoms with Crippen LogP contribution in [0.1, 0.15) is 34.9 Å². The number of hydrogen-bond acceptors (Lipinski definition) is 7. The monoisotopic (exact) mass is 389 g/mol. The van der Waals surface area contributed by atoms with Crippen LogP contribution in [0.3, 0.4) is 0 Å². The number of rotatable bonds is 4. The number of nitrogens with zero attached hydrogens (tertiary/aromatic N) is 7. The Hall–Kier alpha value is -2.85. The molecule has 0 unspecified atom stereocenters. The number of hydrogen-bond donors (Lipinski definition) is 2. The number of halogens is 1. The molecule has 0 aliphatic carbocycles. The lowest BCUT2D eigenvalue weighted by Crippen LogP contribution is -2.27. The average molecular weight is 390 g/mol. The van der Waals surface area contributed by atoms with Crippen molar-refractivity contribution in [2.24, 2.45) is 7.05 Å². The fourth-order valence-corrected chi connectivity index (χ4v) is 2.99. The Labute approximate surface area is 161 Å². The summed E-state index contributed by atoms with van der Waals surface area (Å²) in [6.45, 7) is 1.94. The third-order valence-electron chi connectivity index (χ3n) is 4.45. The van der Waals surface area contributed by atoms with Crippen molar-refractivity contribution < 1.29 is 4.79 Å². The maximum absolute atomic E-state index is 12.5. The van der Waals surface area contributed by atoms with E-state index in [1.807, 2.05) is 0 Å². The summed E-state index contributed by atoms with van der Waals surface area (Å²) in [5.41, 5.74) is 1.30. The van der Waals surface area contributed by atoms with Gasteiger partial charge in [-0.3, -0.25) is 10.1 Å². The second-order valence-corrected chi connectivity index (χ2v) is 6.20. The smallest absolute Gasteiger partial charge is 0.258 e. The minimum absolute atomic E-state index is 0. The first-order valence-corrected chi connectivity index (χ1v) is 8.47. The summed E-state index contributed by atoms with van der Waals surface area (Å²) < 4.78 is 3.14. The van der Waals surface area contributed by atoms with E-state index in [9.17, 15) is 4.79 Å². The van der Waals surface area contributed by atoms with E-state index in [1.165, 1.54) is 11.0 Å². The van der Waals surface area contributed by atoms with Gasteiger partial charge in [0.1, 0.15) is 6.33 Å². The lowest BCUT2D eigenvalue weighted by atomic mass is 9.98. The molecule has 1 amide bonds. The van der Waals surface area contributed by atoms with Crippen molar-refractivity contribution in [1.82, 2.24) is 40.3 Å². The van der Waals surface area contributed by atoms with Gasteiger partial charge in [0.2, 0.25) is 5.95 Å². The first kappa shape index (κ1) is 18.9. The SMILES string of the molecule is Cl.Cn1nc(C2CCNCC2)nc1NC(=O)c1ccc(-n2cnnn2)cc1. The second kappa shape index (κ2) is 8.23. The van der Waals surface area contributed by atoms with Crippen molar-refractivity contribution in [2.75, 3.05) is 18.4 Å². The molecule has 0 radical (unpaired) electrons. The fourth-order valence-electron chi connectivity index (χ4n) is 2.99. The molecule has 11 heteroatoms. The van der Waals surface area contributed by atoms with E-state index in [0.29, 0.717) is 17.4 Å². The van der Waals surface area contributed by atoms with Gasteiger partial charge in [0.15, 0.2) is 5.82 Å². The highest BCUT2D eigenvalue weighted by atomic mass is 35.5. The van der Waals surface area contributed by atoms with Crippen molar-refractivity contribution in [3.63, 3.8) is 0 Å². The minimum atomic E-state index is -0.236. The van der Waals surface area contributed by atoms with Crippen LogP contribution in [0.5, 0.6) is 0 Å². The molecule has 3 heterocycles. The van der Waals surface area contributed by atoms with Crippen LogP contribution in [0, 0.1) is 0 Å². The fraction of sp³-hybridized carbons (Fsp3) is 0.375. The average Bonchev–Trinajstić information content (AvgIpc) is 3.33. The summed E-state index contributed by atoms with van der Waals surface area (Å²) in [4.78, 5) is 17.0. The van der Waals surface area contributed by atoms with Crippen LogP contribution in [0.2, 0.25) is 0 Å². The van der Waals surface area contributed by atoms with Gasteiger partial charge in [-0.25, -0.2) is 9.36 Å². The summed E-state index contributed by atoms with van der Waals surface area (Å²) in [5, 5.41) is 21.6. The summed E-state index contributed by atoms with van der Waals surface area (Å²) in [5.74, 6) is 1.34. The normalized spacial score (nSPS) is 14.6. The number of amides is 1. The van der Waals surface area contributed by atoms with Gasteiger partial charge in [0, 0.05) is 18.5 Å². The molecule has 10 nitrogen and oxygen atoms in total. The highest BCUT2D eigenvalue weighted by Gasteiger charge is 2.21. The Kier molecular flexibility index (Phi) is 5.77. The molecule has 0 spiro atoms. The third-order valence-corrected chi connectivity index (χ3v) is 4.45. The summed E-state index contributed by atoms with van der Waals surface area (Å²) in [6, 6.07) is 7.00. The lowest BCUT2D eigenvalue weighted by molar-refractivity contribution is 0.102. The number of piperidine rings is 1. The Bertz CT molecular complexity index is 885. The van der Waals surface area contributed by atoms with E-state index in [0.717, 1.165) is 37.4 Å². The van der Waals surface area contributed by atoms with Crippen LogP contribution in [-0.4, -0.2) is 54.0 Å². The molecule has 0 bridgehead atoms. The summed E-state index contributed by atoms with van der Waals surface area (Å²) in [7, 11) is 1.79. The zero-order valence-electron chi connectivity index (χ0n) is 14.7. The van der Waals surface area contributed by atoms with Gasteiger partial charge < -0.3 is 5.32 Å². The van der Waals surface area contributed by atoms with E-state index < -0.39 is 0 Å². The summed E-state index contributed by atoms with van der Waals surface area (Å²) >= 11 is 0. The number of carbonyl (C=O) groups is 1. The standard InChI is InChI=1S/C16H19N9O.ClH/c1-24-16(19-14(21-24)11-6-8-17-9-7-11)20-15(26)12-2-4-13(5-3-12)25-10-18-22-23-25;/h2-5,10-11,17H,6-9H2,1H3,(H,19,20,21,26);1H. The van der Waals surface area contributed by atoms with Crippen LogP contribution in [0.15, 0.2) is 30.6 Å². The Morgan fingerprint density at radius 1 is 1.22 bits per heavy atom. The Balaban J connectivity index is 0.00000210. The zero-order valence-corrected chi connectivity index (χ0v) is 15.6. The molecule has 2 N–H and O–H groups in total. The number of carbonyl (C=O) groups excluding carboxylic acids is 1. The molecule has 2 aromatic heterocycles. The van der Waals surface area contributed by atoms with Crippen molar-refractivity contribution in [1.29, 1.82) is 0 Å². The molecule has 0 saturated carbocycles. The topological polar surface area (TPSA) is 115 Å². The highest BCUT2D eigenvalue weighted by molar-refractivity contribution is 6.03. The molecule has 1 aromatic carbocycles. The lowest BCUT2D eigenvalue weighted by Gasteiger charge is -2.19. The van der Waals surface area contributed by atoms with Crippen LogP contribution in [0.4, 0.5) is 5.95 Å². The predicted molar refractivity (Wildman–Crippen MR) is 100 cm³/mol. The number of aromatic nitrogens is 7. The zero-order chi connectivity index (χ0) is 17.9. The van der Waals surface area contributed by atoms with Gasteiger partial charge in [-0.05, 0) is 60.6 Å². The molecule has 0 atom stereocenters. The van der Waals surface area contributed by atoms with E-state index in [2.05, 4.69) is 36.2 Å². The predicted octanol–water partition coefficient (Wildman–Crippen LogP) is 0.932. The largest absolute Gasteiger partial charge is 0.317 e. The molecule has 142 valence electrons. The molecule has 1 aliphatic rings. The van der Waals surface area contributed by atoms with Gasteiger partial charge in [-0.1, -0.05) is 0 Å². The van der Waals surface area contributed by atoms with Crippen molar-refractivity contribution in [3.8, 4) is 5.69 Å². The van der Waals surface area contributed by atoms with Crippen LogP contribution >= 0.6 is 12.4 Å². The van der Waals surface area contributed by atoms with Gasteiger partial charge in [0.25, 0.3) is 5.91 Å². The summed E-state index contributed by atoms with van der Waals surface area (Å²) in [6.07, 6.45) is 3.52. The molecule has 1 saturated heterocycles. The molecule has 3 aromatic rings. The molecular formula is C16H20ClN9O. The van der Waals surface area contributed by atoms with E-state index in [-0.39, 0.29) is 18.3 Å². The first-order chi connectivity index (χ1) is 12.7. The van der Waals surface area contributed by atoms with Crippen LogP contribution < -0.4 is 10.6 Å². The minimum Gasteiger partial charge on any atom is -0.317 e. The number of anilines is 1. The second-order valence-electron chi connectivity index (χ2n) is 6.20. The van der Waals surface area contributed by atoms with Gasteiger partial charge in [-0.2, -0.15) is 10.1 Å². The molecular weight excluding hydrogens is 370 g/mol. The van der Waals surface area contributed by atoms with E-state index in [4.69, 9.17) is 0 Å². The number of tetrazole rings is 1. The Morgan fingerprint density at radius 2 is 1.96 bits per heavy atom. The molecule has 1 fully saturated rings. The third kappa shape index (κ3) is 4.12.